The third-order valence-electron chi connectivity index (χ3n) is 3.59. The fourth-order valence-electron chi connectivity index (χ4n) is 2.45. The Bertz CT molecular complexity index is 480. The Morgan fingerprint density at radius 3 is 2.65 bits per heavy atom. The standard InChI is InChI=1S/C14H16F3NO2/c1-20-13(19)12-6-5-10(8-18-12)9-3-2-4-11(7-9)14(15,16)17/h2-4,7,10,12,18H,5-6,8H2,1H3/t10-,12+/m1/s1. The molecule has 2 atom stereocenters. The van der Waals surface area contributed by atoms with E-state index in [-0.39, 0.29) is 17.9 Å². The van der Waals surface area contributed by atoms with Crippen molar-refractivity contribution < 1.29 is 22.7 Å². The molecule has 20 heavy (non-hydrogen) atoms. The first-order chi connectivity index (χ1) is 9.41. The Morgan fingerprint density at radius 2 is 2.10 bits per heavy atom. The first-order valence-corrected chi connectivity index (χ1v) is 6.40. The van der Waals surface area contributed by atoms with Crippen LogP contribution in [-0.4, -0.2) is 25.7 Å². The van der Waals surface area contributed by atoms with E-state index in [2.05, 4.69) is 10.1 Å². The van der Waals surface area contributed by atoms with Crippen LogP contribution in [-0.2, 0) is 15.7 Å². The van der Waals surface area contributed by atoms with E-state index in [0.717, 1.165) is 6.07 Å². The second-order valence-corrected chi connectivity index (χ2v) is 4.88. The minimum atomic E-state index is -4.33. The van der Waals surface area contributed by atoms with Gasteiger partial charge < -0.3 is 10.1 Å². The number of carbonyl (C=O) groups excluding carboxylic acids is 1. The van der Waals surface area contributed by atoms with Crippen molar-refractivity contribution >= 4 is 5.97 Å². The maximum Gasteiger partial charge on any atom is 0.416 e. The number of methoxy groups -OCH3 is 1. The summed E-state index contributed by atoms with van der Waals surface area (Å²) in [6.07, 6.45) is -3.10. The fraction of sp³-hybridized carbons (Fsp3) is 0.500. The van der Waals surface area contributed by atoms with E-state index in [4.69, 9.17) is 0 Å². The monoisotopic (exact) mass is 287 g/mol. The Kier molecular flexibility index (Phi) is 4.32. The average Bonchev–Trinajstić information content (AvgIpc) is 2.46. The Hall–Kier alpha value is -1.56. The molecule has 0 spiro atoms. The summed E-state index contributed by atoms with van der Waals surface area (Å²) in [4.78, 5) is 11.4. The molecule has 0 radical (unpaired) electrons. The van der Waals surface area contributed by atoms with Gasteiger partial charge >= 0.3 is 12.1 Å². The van der Waals surface area contributed by atoms with Gasteiger partial charge in [0, 0.05) is 6.54 Å². The summed E-state index contributed by atoms with van der Waals surface area (Å²) >= 11 is 0. The third-order valence-corrected chi connectivity index (χ3v) is 3.59. The molecule has 0 amide bonds. The number of esters is 1. The largest absolute Gasteiger partial charge is 0.468 e. The number of hydrogen-bond acceptors (Lipinski definition) is 3. The quantitative estimate of drug-likeness (QED) is 0.850. The van der Waals surface area contributed by atoms with E-state index in [0.29, 0.717) is 24.9 Å². The molecule has 0 saturated carbocycles. The molecule has 1 aromatic carbocycles. The van der Waals surface area contributed by atoms with Gasteiger partial charge in [-0.25, -0.2) is 0 Å². The molecule has 3 nitrogen and oxygen atoms in total. The minimum absolute atomic E-state index is 0.0155. The number of carbonyl (C=O) groups is 1. The van der Waals surface area contributed by atoms with E-state index in [9.17, 15) is 18.0 Å². The first-order valence-electron chi connectivity index (χ1n) is 6.40. The molecule has 6 heteroatoms. The zero-order valence-electron chi connectivity index (χ0n) is 11.0. The molecule has 0 unspecified atom stereocenters. The van der Waals surface area contributed by atoms with Crippen LogP contribution in [0, 0.1) is 0 Å². The van der Waals surface area contributed by atoms with Gasteiger partial charge in [-0.3, -0.25) is 4.79 Å². The molecule has 0 aliphatic carbocycles. The second-order valence-electron chi connectivity index (χ2n) is 4.88. The second kappa shape index (κ2) is 5.83. The lowest BCUT2D eigenvalue weighted by molar-refractivity contribution is -0.143. The van der Waals surface area contributed by atoms with Crippen LogP contribution < -0.4 is 5.32 Å². The molecule has 1 saturated heterocycles. The topological polar surface area (TPSA) is 38.3 Å². The van der Waals surface area contributed by atoms with Gasteiger partial charge in [-0.15, -0.1) is 0 Å². The lowest BCUT2D eigenvalue weighted by Crippen LogP contribution is -2.43. The zero-order chi connectivity index (χ0) is 14.8. The van der Waals surface area contributed by atoms with Crippen molar-refractivity contribution in [2.75, 3.05) is 13.7 Å². The van der Waals surface area contributed by atoms with Gasteiger partial charge in [0.2, 0.25) is 0 Å². The van der Waals surface area contributed by atoms with Gasteiger partial charge in [0.1, 0.15) is 6.04 Å². The van der Waals surface area contributed by atoms with Crippen molar-refractivity contribution in [3.63, 3.8) is 0 Å². The molecule has 1 fully saturated rings. The number of rotatable bonds is 2. The molecule has 1 N–H and O–H groups in total. The van der Waals surface area contributed by atoms with Gasteiger partial charge in [-0.2, -0.15) is 13.2 Å². The van der Waals surface area contributed by atoms with Gasteiger partial charge in [0.25, 0.3) is 0 Å². The number of halogens is 3. The molecule has 1 aliphatic heterocycles. The summed E-state index contributed by atoms with van der Waals surface area (Å²) < 4.78 is 42.7. The highest BCUT2D eigenvalue weighted by atomic mass is 19.4. The highest BCUT2D eigenvalue weighted by Crippen LogP contribution is 2.33. The van der Waals surface area contributed by atoms with Crippen molar-refractivity contribution in [3.05, 3.63) is 35.4 Å². The van der Waals surface area contributed by atoms with Crippen molar-refractivity contribution in [2.45, 2.75) is 31.0 Å². The number of piperidine rings is 1. The van der Waals surface area contributed by atoms with Crippen LogP contribution in [0.4, 0.5) is 13.2 Å². The predicted octanol–water partition coefficient (Wildman–Crippen LogP) is 2.71. The van der Waals surface area contributed by atoms with Crippen LogP contribution in [0.1, 0.15) is 29.9 Å². The molecule has 2 rings (SSSR count). The molecular formula is C14H16F3NO2. The van der Waals surface area contributed by atoms with Crippen molar-refractivity contribution in [1.82, 2.24) is 5.32 Å². The van der Waals surface area contributed by atoms with Crippen LogP contribution in [0.15, 0.2) is 24.3 Å². The van der Waals surface area contributed by atoms with Crippen molar-refractivity contribution in [3.8, 4) is 0 Å². The average molecular weight is 287 g/mol. The smallest absolute Gasteiger partial charge is 0.416 e. The highest BCUT2D eigenvalue weighted by Gasteiger charge is 2.32. The van der Waals surface area contributed by atoms with Gasteiger partial charge in [-0.1, -0.05) is 18.2 Å². The summed E-state index contributed by atoms with van der Waals surface area (Å²) in [6, 6.07) is 5.01. The third kappa shape index (κ3) is 3.30. The van der Waals surface area contributed by atoms with Crippen molar-refractivity contribution in [1.29, 1.82) is 0 Å². The minimum Gasteiger partial charge on any atom is -0.468 e. The first kappa shape index (κ1) is 14.8. The highest BCUT2D eigenvalue weighted by molar-refractivity contribution is 5.75. The van der Waals surface area contributed by atoms with E-state index in [1.165, 1.54) is 19.2 Å². The SMILES string of the molecule is COC(=O)[C@@H]1CC[C@@H](c2cccc(C(F)(F)F)c2)CN1. The van der Waals surface area contributed by atoms with E-state index in [1.807, 2.05) is 0 Å². The number of nitrogens with one attached hydrogen (secondary N) is 1. The Morgan fingerprint density at radius 1 is 1.35 bits per heavy atom. The van der Waals surface area contributed by atoms with Gasteiger partial charge in [0.15, 0.2) is 0 Å². The molecule has 1 aromatic rings. The molecule has 1 aliphatic rings. The molecule has 0 aromatic heterocycles. The Labute approximate surface area is 115 Å². The summed E-state index contributed by atoms with van der Waals surface area (Å²) in [6.45, 7) is 0.473. The van der Waals surface area contributed by atoms with E-state index in [1.54, 1.807) is 6.07 Å². The van der Waals surface area contributed by atoms with Gasteiger partial charge in [0.05, 0.1) is 12.7 Å². The van der Waals surface area contributed by atoms with Crippen LogP contribution in [0.25, 0.3) is 0 Å². The number of ether oxygens (including phenoxy) is 1. The number of alkyl halides is 3. The van der Waals surface area contributed by atoms with Crippen LogP contribution >= 0.6 is 0 Å². The summed E-state index contributed by atoms with van der Waals surface area (Å²) in [7, 11) is 1.32. The summed E-state index contributed by atoms with van der Waals surface area (Å²) in [5, 5.41) is 3.02. The number of hydrogen-bond donors (Lipinski definition) is 1. The Balaban J connectivity index is 2.06. The maximum absolute atomic E-state index is 12.7. The van der Waals surface area contributed by atoms with Crippen LogP contribution in [0.2, 0.25) is 0 Å². The molecule has 1 heterocycles. The van der Waals surface area contributed by atoms with Crippen LogP contribution in [0.3, 0.4) is 0 Å². The lowest BCUT2D eigenvalue weighted by atomic mass is 9.88. The normalized spacial score (nSPS) is 23.4. The fourth-order valence-corrected chi connectivity index (χ4v) is 2.45. The number of benzene rings is 1. The van der Waals surface area contributed by atoms with Crippen molar-refractivity contribution in [2.24, 2.45) is 0 Å². The molecule has 110 valence electrons. The van der Waals surface area contributed by atoms with Gasteiger partial charge in [-0.05, 0) is 30.4 Å². The molecular weight excluding hydrogens is 271 g/mol. The summed E-state index contributed by atoms with van der Waals surface area (Å²) in [5.41, 5.74) is 0.0146. The van der Waals surface area contributed by atoms with E-state index < -0.39 is 11.7 Å². The molecule has 0 bridgehead atoms. The summed E-state index contributed by atoms with van der Waals surface area (Å²) in [5.74, 6) is -0.342. The van der Waals surface area contributed by atoms with E-state index >= 15 is 0 Å². The maximum atomic E-state index is 12.7. The van der Waals surface area contributed by atoms with Crippen LogP contribution in [0.5, 0.6) is 0 Å². The zero-order valence-corrected chi connectivity index (χ0v) is 11.0. The lowest BCUT2D eigenvalue weighted by Gasteiger charge is -2.28. The predicted molar refractivity (Wildman–Crippen MR) is 67.2 cm³/mol.